The van der Waals surface area contributed by atoms with Gasteiger partial charge in [-0.3, -0.25) is 4.79 Å². The van der Waals surface area contributed by atoms with Gasteiger partial charge in [-0.1, -0.05) is 37.3 Å². The SMILES string of the molecule is CC1(CNC(=O)c2ccc(COc3ccccc3)cc2)CCNCC1. The van der Waals surface area contributed by atoms with E-state index in [1.54, 1.807) is 0 Å². The van der Waals surface area contributed by atoms with Crippen molar-refractivity contribution in [3.63, 3.8) is 0 Å². The molecule has 3 rings (SSSR count). The summed E-state index contributed by atoms with van der Waals surface area (Å²) < 4.78 is 5.73. The van der Waals surface area contributed by atoms with Crippen molar-refractivity contribution in [2.75, 3.05) is 19.6 Å². The van der Waals surface area contributed by atoms with E-state index in [2.05, 4.69) is 17.6 Å². The second kappa shape index (κ2) is 8.17. The molecular weight excluding hydrogens is 312 g/mol. The molecule has 0 radical (unpaired) electrons. The Hall–Kier alpha value is -2.33. The molecule has 0 bridgehead atoms. The Kier molecular flexibility index (Phi) is 5.71. The molecule has 0 saturated carbocycles. The van der Waals surface area contributed by atoms with Gasteiger partial charge in [0.1, 0.15) is 12.4 Å². The summed E-state index contributed by atoms with van der Waals surface area (Å²) in [5.74, 6) is 0.842. The molecule has 1 aliphatic rings. The minimum absolute atomic E-state index is 0.00437. The van der Waals surface area contributed by atoms with E-state index >= 15 is 0 Å². The summed E-state index contributed by atoms with van der Waals surface area (Å²) in [6.45, 7) is 5.53. The molecule has 1 fully saturated rings. The first kappa shape index (κ1) is 17.5. The van der Waals surface area contributed by atoms with E-state index in [1.165, 1.54) is 0 Å². The van der Waals surface area contributed by atoms with Crippen LogP contribution in [-0.2, 0) is 6.61 Å². The zero-order chi connectivity index (χ0) is 17.5. The number of rotatable bonds is 6. The largest absolute Gasteiger partial charge is 0.489 e. The van der Waals surface area contributed by atoms with E-state index in [0.29, 0.717) is 12.2 Å². The van der Waals surface area contributed by atoms with E-state index in [0.717, 1.165) is 43.8 Å². The van der Waals surface area contributed by atoms with Gasteiger partial charge in [-0.25, -0.2) is 0 Å². The lowest BCUT2D eigenvalue weighted by molar-refractivity contribution is 0.0922. The maximum absolute atomic E-state index is 12.4. The van der Waals surface area contributed by atoms with Gasteiger partial charge < -0.3 is 15.4 Å². The van der Waals surface area contributed by atoms with Crippen molar-refractivity contribution in [2.24, 2.45) is 5.41 Å². The summed E-state index contributed by atoms with van der Waals surface area (Å²) in [6.07, 6.45) is 2.20. The monoisotopic (exact) mass is 338 g/mol. The molecule has 132 valence electrons. The van der Waals surface area contributed by atoms with Gasteiger partial charge in [-0.05, 0) is 61.2 Å². The fourth-order valence-electron chi connectivity index (χ4n) is 3.04. The van der Waals surface area contributed by atoms with E-state index in [-0.39, 0.29) is 11.3 Å². The quantitative estimate of drug-likeness (QED) is 0.849. The fourth-order valence-corrected chi connectivity index (χ4v) is 3.04. The summed E-state index contributed by atoms with van der Waals surface area (Å²) in [6, 6.07) is 17.4. The molecule has 0 unspecified atom stereocenters. The van der Waals surface area contributed by atoms with Crippen LogP contribution in [0.3, 0.4) is 0 Å². The topological polar surface area (TPSA) is 50.4 Å². The molecule has 4 heteroatoms. The second-order valence-electron chi connectivity index (χ2n) is 7.04. The van der Waals surface area contributed by atoms with E-state index in [1.807, 2.05) is 54.6 Å². The highest BCUT2D eigenvalue weighted by Gasteiger charge is 2.27. The van der Waals surface area contributed by atoms with Crippen LogP contribution in [0.1, 0.15) is 35.7 Å². The van der Waals surface area contributed by atoms with E-state index < -0.39 is 0 Å². The van der Waals surface area contributed by atoms with Gasteiger partial charge in [0, 0.05) is 12.1 Å². The summed E-state index contributed by atoms with van der Waals surface area (Å²) in [5, 5.41) is 6.45. The first-order chi connectivity index (χ1) is 12.1. The van der Waals surface area contributed by atoms with Crippen molar-refractivity contribution >= 4 is 5.91 Å². The van der Waals surface area contributed by atoms with Crippen molar-refractivity contribution in [3.8, 4) is 5.75 Å². The zero-order valence-electron chi connectivity index (χ0n) is 14.8. The molecule has 1 aliphatic heterocycles. The molecule has 2 N–H and O–H groups in total. The van der Waals surface area contributed by atoms with Crippen LogP contribution < -0.4 is 15.4 Å². The summed E-state index contributed by atoms with van der Waals surface area (Å²) in [4.78, 5) is 12.4. The number of ether oxygens (including phenoxy) is 1. The Bertz CT molecular complexity index is 677. The van der Waals surface area contributed by atoms with Crippen LogP contribution in [0.25, 0.3) is 0 Å². The fraction of sp³-hybridized carbons (Fsp3) is 0.381. The smallest absolute Gasteiger partial charge is 0.251 e. The van der Waals surface area contributed by atoms with Crippen LogP contribution in [0.2, 0.25) is 0 Å². The highest BCUT2D eigenvalue weighted by Crippen LogP contribution is 2.26. The number of nitrogens with one attached hydrogen (secondary N) is 2. The Labute approximate surface area is 149 Å². The van der Waals surface area contributed by atoms with Gasteiger partial charge in [-0.2, -0.15) is 0 Å². The van der Waals surface area contributed by atoms with Gasteiger partial charge in [0.2, 0.25) is 0 Å². The van der Waals surface area contributed by atoms with Crippen LogP contribution in [0.4, 0.5) is 0 Å². The van der Waals surface area contributed by atoms with Gasteiger partial charge in [0.05, 0.1) is 0 Å². The summed E-state index contributed by atoms with van der Waals surface area (Å²) >= 11 is 0. The summed E-state index contributed by atoms with van der Waals surface area (Å²) in [5.41, 5.74) is 1.94. The van der Waals surface area contributed by atoms with Crippen molar-refractivity contribution in [1.29, 1.82) is 0 Å². The van der Waals surface area contributed by atoms with Crippen LogP contribution in [0.15, 0.2) is 54.6 Å². The number of carbonyl (C=O) groups is 1. The van der Waals surface area contributed by atoms with Gasteiger partial charge in [0.15, 0.2) is 0 Å². The minimum Gasteiger partial charge on any atom is -0.489 e. The molecule has 2 aromatic rings. The van der Waals surface area contributed by atoms with Crippen molar-refractivity contribution < 1.29 is 9.53 Å². The first-order valence-electron chi connectivity index (χ1n) is 8.90. The first-order valence-corrected chi connectivity index (χ1v) is 8.90. The minimum atomic E-state index is -0.00437. The Morgan fingerprint density at radius 3 is 2.44 bits per heavy atom. The molecule has 0 atom stereocenters. The molecule has 1 amide bonds. The van der Waals surface area contributed by atoms with Crippen LogP contribution in [0, 0.1) is 5.41 Å². The van der Waals surface area contributed by atoms with Gasteiger partial charge in [-0.15, -0.1) is 0 Å². The average molecular weight is 338 g/mol. The van der Waals surface area contributed by atoms with E-state index in [9.17, 15) is 4.79 Å². The molecule has 25 heavy (non-hydrogen) atoms. The number of benzene rings is 2. The number of para-hydroxylation sites is 1. The number of hydrogen-bond acceptors (Lipinski definition) is 3. The predicted molar refractivity (Wildman–Crippen MR) is 99.8 cm³/mol. The number of carbonyl (C=O) groups excluding carboxylic acids is 1. The third kappa shape index (κ3) is 5.07. The zero-order valence-corrected chi connectivity index (χ0v) is 14.8. The average Bonchev–Trinajstić information content (AvgIpc) is 2.66. The molecule has 1 heterocycles. The third-order valence-electron chi connectivity index (χ3n) is 4.85. The van der Waals surface area contributed by atoms with Crippen molar-refractivity contribution in [1.82, 2.24) is 10.6 Å². The second-order valence-corrected chi connectivity index (χ2v) is 7.04. The standard InChI is InChI=1S/C21H26N2O2/c1-21(11-13-22-14-12-21)16-23-20(24)18-9-7-17(8-10-18)15-25-19-5-3-2-4-6-19/h2-10,22H,11-16H2,1H3,(H,23,24). The van der Waals surface area contributed by atoms with Crippen LogP contribution >= 0.6 is 0 Å². The summed E-state index contributed by atoms with van der Waals surface area (Å²) in [7, 11) is 0. The van der Waals surface area contributed by atoms with Crippen LogP contribution in [-0.4, -0.2) is 25.5 Å². The molecule has 2 aromatic carbocycles. The van der Waals surface area contributed by atoms with E-state index in [4.69, 9.17) is 4.74 Å². The maximum atomic E-state index is 12.4. The lowest BCUT2D eigenvalue weighted by Crippen LogP contribution is -2.42. The Morgan fingerprint density at radius 1 is 1.08 bits per heavy atom. The molecule has 0 aromatic heterocycles. The maximum Gasteiger partial charge on any atom is 0.251 e. The predicted octanol–water partition coefficient (Wildman–Crippen LogP) is 3.39. The Balaban J connectivity index is 1.50. The van der Waals surface area contributed by atoms with Gasteiger partial charge in [0.25, 0.3) is 5.91 Å². The normalized spacial score (nSPS) is 16.2. The molecule has 1 saturated heterocycles. The molecule has 0 aliphatic carbocycles. The highest BCUT2D eigenvalue weighted by atomic mass is 16.5. The molecule has 0 spiro atoms. The lowest BCUT2D eigenvalue weighted by atomic mass is 9.81. The van der Waals surface area contributed by atoms with Crippen molar-refractivity contribution in [2.45, 2.75) is 26.4 Å². The number of hydrogen-bond donors (Lipinski definition) is 2. The van der Waals surface area contributed by atoms with Crippen molar-refractivity contribution in [3.05, 3.63) is 65.7 Å². The van der Waals surface area contributed by atoms with Gasteiger partial charge >= 0.3 is 0 Å². The lowest BCUT2D eigenvalue weighted by Gasteiger charge is -2.34. The third-order valence-corrected chi connectivity index (χ3v) is 4.85. The number of piperidine rings is 1. The number of amides is 1. The highest BCUT2D eigenvalue weighted by molar-refractivity contribution is 5.94. The van der Waals surface area contributed by atoms with Crippen LogP contribution in [0.5, 0.6) is 5.75 Å². The molecular formula is C21H26N2O2. The Morgan fingerprint density at radius 2 is 1.76 bits per heavy atom. The molecule has 4 nitrogen and oxygen atoms in total.